The van der Waals surface area contributed by atoms with Gasteiger partial charge in [-0.05, 0) is 42.8 Å². The van der Waals surface area contributed by atoms with Gasteiger partial charge >= 0.3 is 0 Å². The minimum atomic E-state index is -0.196. The lowest BCUT2D eigenvalue weighted by Crippen LogP contribution is -2.05. The van der Waals surface area contributed by atoms with Gasteiger partial charge in [-0.1, -0.05) is 28.9 Å². The molecule has 0 saturated carbocycles. The van der Waals surface area contributed by atoms with Crippen molar-refractivity contribution in [3.63, 3.8) is 0 Å². The van der Waals surface area contributed by atoms with E-state index in [1.165, 1.54) is 6.20 Å². The molecule has 6 heteroatoms. The molecule has 0 unspecified atom stereocenters. The molecule has 136 valence electrons. The van der Waals surface area contributed by atoms with Gasteiger partial charge in [0.15, 0.2) is 0 Å². The van der Waals surface area contributed by atoms with Crippen molar-refractivity contribution in [3.05, 3.63) is 82.3 Å². The van der Waals surface area contributed by atoms with E-state index < -0.39 is 0 Å². The van der Waals surface area contributed by atoms with Gasteiger partial charge < -0.3 is 13.8 Å². The van der Waals surface area contributed by atoms with E-state index in [0.717, 1.165) is 22.2 Å². The molecule has 27 heavy (non-hydrogen) atoms. The molecule has 0 aliphatic carbocycles. The van der Waals surface area contributed by atoms with Crippen LogP contribution in [0.2, 0.25) is 5.02 Å². The fraction of sp³-hybridized carbons (Fsp3) is 0.143. The standard InChI is InChI=1S/C21H17ClN2O3/c1-13-20(21(25)19-9-10-23-27-19)17-11-16(26-2)7-8-18(17)24(13)12-14-3-5-15(22)6-4-14/h3-11H,12H2,1-2H3. The predicted octanol–water partition coefficient (Wildman–Crippen LogP) is 4.88. The van der Waals surface area contributed by atoms with Crippen molar-refractivity contribution >= 4 is 28.3 Å². The Balaban J connectivity index is 1.90. The van der Waals surface area contributed by atoms with E-state index >= 15 is 0 Å². The Bertz CT molecular complexity index is 1110. The quantitative estimate of drug-likeness (QED) is 0.463. The zero-order valence-electron chi connectivity index (χ0n) is 14.9. The minimum Gasteiger partial charge on any atom is -0.497 e. The number of hydrogen-bond donors (Lipinski definition) is 0. The first-order valence-electron chi connectivity index (χ1n) is 8.45. The number of methoxy groups -OCH3 is 1. The van der Waals surface area contributed by atoms with Gasteiger partial charge in [0.25, 0.3) is 0 Å². The molecule has 5 nitrogen and oxygen atoms in total. The Morgan fingerprint density at radius 1 is 1.19 bits per heavy atom. The van der Waals surface area contributed by atoms with Crippen LogP contribution >= 0.6 is 11.6 Å². The predicted molar refractivity (Wildman–Crippen MR) is 104 cm³/mol. The minimum absolute atomic E-state index is 0.196. The molecule has 0 atom stereocenters. The molecule has 0 radical (unpaired) electrons. The van der Waals surface area contributed by atoms with Crippen LogP contribution in [0, 0.1) is 6.92 Å². The van der Waals surface area contributed by atoms with Gasteiger partial charge in [-0.3, -0.25) is 4.79 Å². The number of nitrogens with zero attached hydrogens (tertiary/aromatic N) is 2. The van der Waals surface area contributed by atoms with Gasteiger partial charge in [0.05, 0.1) is 18.9 Å². The number of fused-ring (bicyclic) bond motifs is 1. The number of benzene rings is 2. The van der Waals surface area contributed by atoms with Crippen LogP contribution in [0.1, 0.15) is 27.4 Å². The summed E-state index contributed by atoms with van der Waals surface area (Å²) in [4.78, 5) is 13.0. The first-order chi connectivity index (χ1) is 13.1. The summed E-state index contributed by atoms with van der Waals surface area (Å²) in [6.07, 6.45) is 1.47. The van der Waals surface area contributed by atoms with Crippen molar-refractivity contribution in [1.82, 2.24) is 9.72 Å². The average molecular weight is 381 g/mol. The number of ketones is 1. The summed E-state index contributed by atoms with van der Waals surface area (Å²) >= 11 is 6.00. The number of aromatic nitrogens is 2. The first kappa shape index (κ1) is 17.4. The third-order valence-corrected chi connectivity index (χ3v) is 4.93. The molecule has 0 aliphatic rings. The molecular formula is C21H17ClN2O3. The second kappa shape index (κ2) is 6.93. The van der Waals surface area contributed by atoms with Gasteiger partial charge in [-0.25, -0.2) is 0 Å². The van der Waals surface area contributed by atoms with E-state index in [4.69, 9.17) is 20.9 Å². The smallest absolute Gasteiger partial charge is 0.233 e. The highest BCUT2D eigenvalue weighted by atomic mass is 35.5. The lowest BCUT2D eigenvalue weighted by molar-refractivity contribution is 0.100. The summed E-state index contributed by atoms with van der Waals surface area (Å²) in [5, 5.41) is 5.17. The molecule has 2 aromatic heterocycles. The highest BCUT2D eigenvalue weighted by molar-refractivity contribution is 6.30. The fourth-order valence-corrected chi connectivity index (χ4v) is 3.43. The SMILES string of the molecule is COc1ccc2c(c1)c(C(=O)c1ccno1)c(C)n2Cc1ccc(Cl)cc1. The van der Waals surface area contributed by atoms with Gasteiger partial charge in [0, 0.05) is 34.2 Å². The van der Waals surface area contributed by atoms with Crippen LogP contribution in [0.4, 0.5) is 0 Å². The molecule has 0 spiro atoms. The fourth-order valence-electron chi connectivity index (χ4n) is 3.31. The molecule has 0 aliphatic heterocycles. The molecule has 0 N–H and O–H groups in total. The van der Waals surface area contributed by atoms with Crippen molar-refractivity contribution in [2.45, 2.75) is 13.5 Å². The lowest BCUT2D eigenvalue weighted by Gasteiger charge is -2.09. The largest absolute Gasteiger partial charge is 0.497 e. The number of ether oxygens (including phenoxy) is 1. The van der Waals surface area contributed by atoms with Crippen LogP contribution in [0.25, 0.3) is 10.9 Å². The van der Waals surface area contributed by atoms with Crippen LogP contribution in [0.15, 0.2) is 59.3 Å². The van der Waals surface area contributed by atoms with Gasteiger partial charge in [0.2, 0.25) is 11.5 Å². The normalized spacial score (nSPS) is 11.1. The van der Waals surface area contributed by atoms with Crippen LogP contribution in [-0.2, 0) is 6.54 Å². The highest BCUT2D eigenvalue weighted by Gasteiger charge is 2.24. The second-order valence-electron chi connectivity index (χ2n) is 6.26. The maximum absolute atomic E-state index is 13.0. The monoisotopic (exact) mass is 380 g/mol. The molecule has 2 heterocycles. The maximum Gasteiger partial charge on any atom is 0.233 e. The first-order valence-corrected chi connectivity index (χ1v) is 8.83. The van der Waals surface area contributed by atoms with Crippen molar-refractivity contribution in [1.29, 1.82) is 0 Å². The zero-order valence-corrected chi connectivity index (χ0v) is 15.7. The van der Waals surface area contributed by atoms with Crippen LogP contribution in [0.5, 0.6) is 5.75 Å². The second-order valence-corrected chi connectivity index (χ2v) is 6.70. The lowest BCUT2D eigenvalue weighted by atomic mass is 10.0. The third kappa shape index (κ3) is 3.11. The van der Waals surface area contributed by atoms with E-state index in [2.05, 4.69) is 9.72 Å². The summed E-state index contributed by atoms with van der Waals surface area (Å²) in [6.45, 7) is 2.56. The number of rotatable bonds is 5. The Labute approximate surface area is 161 Å². The summed E-state index contributed by atoms with van der Waals surface area (Å²) in [5.74, 6) is 0.710. The van der Waals surface area contributed by atoms with Crippen molar-refractivity contribution in [2.24, 2.45) is 0 Å². The molecule has 4 rings (SSSR count). The topological polar surface area (TPSA) is 57.3 Å². The Hall–Kier alpha value is -3.05. The number of carbonyl (C=O) groups is 1. The number of carbonyl (C=O) groups excluding carboxylic acids is 1. The maximum atomic E-state index is 13.0. The Morgan fingerprint density at radius 2 is 1.96 bits per heavy atom. The molecule has 0 amide bonds. The van der Waals surface area contributed by atoms with Crippen LogP contribution in [0.3, 0.4) is 0 Å². The molecule has 0 saturated heterocycles. The van der Waals surface area contributed by atoms with Gasteiger partial charge in [0.1, 0.15) is 5.75 Å². The number of halogens is 1. The van der Waals surface area contributed by atoms with E-state index in [1.54, 1.807) is 13.2 Å². The summed E-state index contributed by atoms with van der Waals surface area (Å²) in [5.41, 5.74) is 3.49. The van der Waals surface area contributed by atoms with Crippen LogP contribution in [-0.4, -0.2) is 22.6 Å². The van der Waals surface area contributed by atoms with Crippen molar-refractivity contribution < 1.29 is 14.1 Å². The Kier molecular flexibility index (Phi) is 4.46. The molecule has 0 fully saturated rings. The molecular weight excluding hydrogens is 364 g/mol. The molecule has 2 aromatic carbocycles. The average Bonchev–Trinajstić information content (AvgIpc) is 3.30. The Morgan fingerprint density at radius 3 is 2.63 bits per heavy atom. The van der Waals surface area contributed by atoms with Crippen LogP contribution < -0.4 is 4.74 Å². The van der Waals surface area contributed by atoms with Gasteiger partial charge in [-0.15, -0.1) is 0 Å². The van der Waals surface area contributed by atoms with E-state index in [-0.39, 0.29) is 11.5 Å². The van der Waals surface area contributed by atoms with E-state index in [0.29, 0.717) is 22.9 Å². The van der Waals surface area contributed by atoms with Crippen molar-refractivity contribution in [2.75, 3.05) is 7.11 Å². The summed E-state index contributed by atoms with van der Waals surface area (Å²) in [6, 6.07) is 15.0. The summed E-state index contributed by atoms with van der Waals surface area (Å²) < 4.78 is 12.6. The van der Waals surface area contributed by atoms with E-state index in [1.807, 2.05) is 49.4 Å². The number of hydrogen-bond acceptors (Lipinski definition) is 4. The summed E-state index contributed by atoms with van der Waals surface area (Å²) in [7, 11) is 1.61. The molecule has 0 bridgehead atoms. The highest BCUT2D eigenvalue weighted by Crippen LogP contribution is 2.32. The third-order valence-electron chi connectivity index (χ3n) is 4.67. The van der Waals surface area contributed by atoms with Crippen molar-refractivity contribution in [3.8, 4) is 5.75 Å². The zero-order chi connectivity index (χ0) is 19.0. The van der Waals surface area contributed by atoms with E-state index in [9.17, 15) is 4.79 Å². The molecule has 4 aromatic rings. The van der Waals surface area contributed by atoms with Gasteiger partial charge in [-0.2, -0.15) is 0 Å².